The lowest BCUT2D eigenvalue weighted by Gasteiger charge is -2.15. The average molecular weight is 293 g/mol. The summed E-state index contributed by atoms with van der Waals surface area (Å²) in [5.74, 6) is 0.0261. The van der Waals surface area contributed by atoms with Gasteiger partial charge in [-0.1, -0.05) is 11.6 Å². The van der Waals surface area contributed by atoms with Gasteiger partial charge in [-0.15, -0.1) is 0 Å². The largest absolute Gasteiger partial charge is 0.482 e. The molecule has 0 spiro atoms. The van der Waals surface area contributed by atoms with Crippen molar-refractivity contribution in [2.24, 2.45) is 0 Å². The van der Waals surface area contributed by atoms with Crippen LogP contribution in [0.3, 0.4) is 0 Å². The molecular formula is C16H14ClFO2. The fourth-order valence-electron chi connectivity index (χ4n) is 1.84. The summed E-state index contributed by atoms with van der Waals surface area (Å²) in [6.07, 6.45) is -0.652. The van der Waals surface area contributed by atoms with Crippen molar-refractivity contribution in [2.45, 2.75) is 20.0 Å². The molecular weight excluding hydrogens is 279 g/mol. The maximum atomic E-state index is 13.0. The molecule has 0 N–H and O–H groups in total. The van der Waals surface area contributed by atoms with Crippen LogP contribution in [0.5, 0.6) is 5.75 Å². The summed E-state index contributed by atoms with van der Waals surface area (Å²) in [7, 11) is 0. The van der Waals surface area contributed by atoms with Gasteiger partial charge in [0.05, 0.1) is 0 Å². The number of benzene rings is 2. The van der Waals surface area contributed by atoms with E-state index in [1.807, 2.05) is 0 Å². The number of aryl methyl sites for hydroxylation is 1. The van der Waals surface area contributed by atoms with E-state index in [0.717, 1.165) is 0 Å². The third-order valence-corrected chi connectivity index (χ3v) is 3.19. The molecule has 104 valence electrons. The lowest BCUT2D eigenvalue weighted by molar-refractivity contribution is 0.0817. The summed E-state index contributed by atoms with van der Waals surface area (Å²) < 4.78 is 18.6. The van der Waals surface area contributed by atoms with Gasteiger partial charge in [-0.05, 0) is 61.9 Å². The monoisotopic (exact) mass is 292 g/mol. The Bertz CT molecular complexity index is 623. The maximum Gasteiger partial charge on any atom is 0.202 e. The molecule has 0 heterocycles. The number of ether oxygens (including phenoxy) is 1. The Morgan fingerprint density at radius 3 is 2.45 bits per heavy atom. The molecule has 0 saturated heterocycles. The van der Waals surface area contributed by atoms with Crippen molar-refractivity contribution in [2.75, 3.05) is 0 Å². The number of hydrogen-bond acceptors (Lipinski definition) is 2. The minimum Gasteiger partial charge on any atom is -0.482 e. The molecule has 0 aliphatic carbocycles. The van der Waals surface area contributed by atoms with Crippen molar-refractivity contribution in [1.29, 1.82) is 0 Å². The van der Waals surface area contributed by atoms with Crippen molar-refractivity contribution in [1.82, 2.24) is 0 Å². The van der Waals surface area contributed by atoms with Gasteiger partial charge in [0.1, 0.15) is 11.6 Å². The first kappa shape index (κ1) is 14.5. The number of Topliss-reactive ketones (excluding diaryl/α,β-unsaturated/α-hetero) is 1. The fraction of sp³-hybridized carbons (Fsp3) is 0.188. The Labute approximate surface area is 122 Å². The van der Waals surface area contributed by atoms with Crippen LogP contribution in [0.15, 0.2) is 42.5 Å². The number of hydrogen-bond donors (Lipinski definition) is 0. The summed E-state index contributed by atoms with van der Waals surface area (Å²) in [5.41, 5.74) is 1.18. The van der Waals surface area contributed by atoms with E-state index in [2.05, 4.69) is 0 Å². The second kappa shape index (κ2) is 6.06. The average Bonchev–Trinajstić information content (AvgIpc) is 2.42. The van der Waals surface area contributed by atoms with Crippen LogP contribution in [0.2, 0.25) is 5.02 Å². The first-order valence-corrected chi connectivity index (χ1v) is 6.58. The molecule has 0 saturated carbocycles. The standard InChI is InChI=1S/C16H14ClFO2/c1-10-9-14(18)7-8-15(10)20-11(2)16(19)12-3-5-13(17)6-4-12/h3-9,11H,1-2H3. The lowest BCUT2D eigenvalue weighted by atomic mass is 10.1. The number of rotatable bonds is 4. The number of halogens is 2. The lowest BCUT2D eigenvalue weighted by Crippen LogP contribution is -2.24. The van der Waals surface area contributed by atoms with Crippen LogP contribution in [0.4, 0.5) is 4.39 Å². The van der Waals surface area contributed by atoms with Gasteiger partial charge >= 0.3 is 0 Å². The zero-order valence-corrected chi connectivity index (χ0v) is 11.9. The second-order valence-electron chi connectivity index (χ2n) is 4.54. The molecule has 0 radical (unpaired) electrons. The molecule has 4 heteroatoms. The second-order valence-corrected chi connectivity index (χ2v) is 4.98. The minimum absolute atomic E-state index is 0.148. The van der Waals surface area contributed by atoms with Gasteiger partial charge in [-0.3, -0.25) is 4.79 Å². The molecule has 2 rings (SSSR count). The number of carbonyl (C=O) groups excluding carboxylic acids is 1. The first-order valence-electron chi connectivity index (χ1n) is 6.20. The molecule has 1 unspecified atom stereocenters. The van der Waals surface area contributed by atoms with Gasteiger partial charge in [0.15, 0.2) is 6.10 Å². The summed E-state index contributed by atoms with van der Waals surface area (Å²) in [5, 5.41) is 0.574. The normalized spacial score (nSPS) is 12.0. The van der Waals surface area contributed by atoms with E-state index < -0.39 is 6.10 Å². The molecule has 1 atom stereocenters. The van der Waals surface area contributed by atoms with Crippen molar-refractivity contribution in [3.05, 3.63) is 64.4 Å². The molecule has 20 heavy (non-hydrogen) atoms. The van der Waals surface area contributed by atoms with E-state index in [4.69, 9.17) is 16.3 Å². The Balaban J connectivity index is 2.13. The third-order valence-electron chi connectivity index (χ3n) is 2.94. The van der Waals surface area contributed by atoms with Crippen LogP contribution < -0.4 is 4.74 Å². The molecule has 2 nitrogen and oxygen atoms in total. The van der Waals surface area contributed by atoms with Gasteiger partial charge in [-0.25, -0.2) is 4.39 Å². The smallest absolute Gasteiger partial charge is 0.202 e. The van der Waals surface area contributed by atoms with E-state index >= 15 is 0 Å². The summed E-state index contributed by atoms with van der Waals surface area (Å²) in [6.45, 7) is 3.40. The maximum absolute atomic E-state index is 13.0. The van der Waals surface area contributed by atoms with Gasteiger partial charge < -0.3 is 4.74 Å². The predicted molar refractivity (Wildman–Crippen MR) is 77.0 cm³/mol. The van der Waals surface area contributed by atoms with E-state index in [0.29, 0.717) is 21.9 Å². The predicted octanol–water partition coefficient (Wildman–Crippen LogP) is 4.44. The SMILES string of the molecule is Cc1cc(F)ccc1OC(C)C(=O)c1ccc(Cl)cc1. The summed E-state index contributed by atoms with van der Waals surface area (Å²) in [6, 6.07) is 10.8. The quantitative estimate of drug-likeness (QED) is 0.779. The molecule has 0 aliphatic heterocycles. The van der Waals surface area contributed by atoms with Crippen molar-refractivity contribution >= 4 is 17.4 Å². The third kappa shape index (κ3) is 3.36. The van der Waals surface area contributed by atoms with Crippen molar-refractivity contribution < 1.29 is 13.9 Å². The van der Waals surface area contributed by atoms with Crippen molar-refractivity contribution in [3.8, 4) is 5.75 Å². The Hall–Kier alpha value is -1.87. The minimum atomic E-state index is -0.652. The molecule has 2 aromatic carbocycles. The van der Waals surface area contributed by atoms with Crippen LogP contribution in [0.25, 0.3) is 0 Å². The van der Waals surface area contributed by atoms with Gasteiger partial charge in [0.2, 0.25) is 5.78 Å². The highest BCUT2D eigenvalue weighted by molar-refractivity contribution is 6.30. The number of carbonyl (C=O) groups is 1. The molecule has 0 fully saturated rings. The Morgan fingerprint density at radius 1 is 1.20 bits per heavy atom. The van der Waals surface area contributed by atoms with Crippen LogP contribution >= 0.6 is 11.6 Å². The molecule has 2 aromatic rings. The van der Waals surface area contributed by atoms with Crippen LogP contribution in [0, 0.1) is 12.7 Å². The fourth-order valence-corrected chi connectivity index (χ4v) is 1.96. The van der Waals surface area contributed by atoms with Gasteiger partial charge in [-0.2, -0.15) is 0 Å². The van der Waals surface area contributed by atoms with Crippen LogP contribution in [-0.4, -0.2) is 11.9 Å². The Kier molecular flexibility index (Phi) is 4.40. The van der Waals surface area contributed by atoms with Gasteiger partial charge in [0.25, 0.3) is 0 Å². The summed E-state index contributed by atoms with van der Waals surface area (Å²) >= 11 is 5.78. The highest BCUT2D eigenvalue weighted by Gasteiger charge is 2.17. The molecule has 0 amide bonds. The molecule has 0 aliphatic rings. The van der Waals surface area contributed by atoms with Crippen LogP contribution in [-0.2, 0) is 0 Å². The Morgan fingerprint density at radius 2 is 1.85 bits per heavy atom. The molecule has 0 aromatic heterocycles. The number of ketones is 1. The highest BCUT2D eigenvalue weighted by atomic mass is 35.5. The van der Waals surface area contributed by atoms with Crippen LogP contribution in [0.1, 0.15) is 22.8 Å². The first-order chi connectivity index (χ1) is 9.47. The van der Waals surface area contributed by atoms with E-state index in [1.165, 1.54) is 18.2 Å². The van der Waals surface area contributed by atoms with E-state index in [9.17, 15) is 9.18 Å². The van der Waals surface area contributed by atoms with Crippen molar-refractivity contribution in [3.63, 3.8) is 0 Å². The zero-order chi connectivity index (χ0) is 14.7. The topological polar surface area (TPSA) is 26.3 Å². The van der Waals surface area contributed by atoms with E-state index in [-0.39, 0.29) is 11.6 Å². The molecule has 0 bridgehead atoms. The van der Waals surface area contributed by atoms with E-state index in [1.54, 1.807) is 38.1 Å². The highest BCUT2D eigenvalue weighted by Crippen LogP contribution is 2.21. The van der Waals surface area contributed by atoms with Gasteiger partial charge in [0, 0.05) is 10.6 Å². The zero-order valence-electron chi connectivity index (χ0n) is 11.2. The summed E-state index contributed by atoms with van der Waals surface area (Å²) in [4.78, 5) is 12.2.